The molecule has 1 aromatic heterocycles. The van der Waals surface area contributed by atoms with Crippen LogP contribution >= 0.6 is 0 Å². The number of methoxy groups -OCH3 is 1. The number of ether oxygens (including phenoxy) is 2. The third-order valence-electron chi connectivity index (χ3n) is 3.01. The summed E-state index contributed by atoms with van der Waals surface area (Å²) in [6.07, 6.45) is 8.25. The van der Waals surface area contributed by atoms with Crippen LogP contribution < -0.4 is 4.74 Å². The first kappa shape index (κ1) is 13.3. The molecule has 0 bridgehead atoms. The zero-order valence-electron chi connectivity index (χ0n) is 11.1. The van der Waals surface area contributed by atoms with Gasteiger partial charge in [0.05, 0.1) is 19.6 Å². The first-order chi connectivity index (χ1) is 9.26. The average Bonchev–Trinajstić information content (AvgIpc) is 2.47. The van der Waals surface area contributed by atoms with E-state index in [1.165, 1.54) is 0 Å². The molecule has 0 aromatic carbocycles. The highest BCUT2D eigenvalue weighted by Gasteiger charge is 2.25. The summed E-state index contributed by atoms with van der Waals surface area (Å²) in [4.78, 5) is 16.1. The van der Waals surface area contributed by atoms with Crippen LogP contribution in [0.2, 0.25) is 0 Å². The van der Waals surface area contributed by atoms with Crippen LogP contribution in [0.5, 0.6) is 5.88 Å². The van der Waals surface area contributed by atoms with E-state index in [0.717, 1.165) is 11.1 Å². The number of rotatable bonds is 4. The van der Waals surface area contributed by atoms with Gasteiger partial charge in [-0.1, -0.05) is 18.2 Å². The van der Waals surface area contributed by atoms with Gasteiger partial charge in [0.2, 0.25) is 5.88 Å². The highest BCUT2D eigenvalue weighted by Crippen LogP contribution is 2.30. The molecule has 1 atom stereocenters. The van der Waals surface area contributed by atoms with Crippen molar-refractivity contribution in [2.24, 2.45) is 5.92 Å². The molecule has 1 aromatic rings. The Morgan fingerprint density at radius 2 is 2.32 bits per heavy atom. The van der Waals surface area contributed by atoms with E-state index in [0.29, 0.717) is 18.9 Å². The summed E-state index contributed by atoms with van der Waals surface area (Å²) in [5.41, 5.74) is 1.86. The first-order valence-corrected chi connectivity index (χ1v) is 6.30. The van der Waals surface area contributed by atoms with E-state index in [9.17, 15) is 4.79 Å². The zero-order chi connectivity index (χ0) is 13.7. The van der Waals surface area contributed by atoms with Gasteiger partial charge in [-0.2, -0.15) is 0 Å². The molecule has 0 radical (unpaired) electrons. The van der Waals surface area contributed by atoms with Crippen LogP contribution in [-0.4, -0.2) is 24.7 Å². The van der Waals surface area contributed by atoms with Gasteiger partial charge in [0.25, 0.3) is 0 Å². The van der Waals surface area contributed by atoms with Crippen molar-refractivity contribution in [2.45, 2.75) is 13.3 Å². The van der Waals surface area contributed by atoms with Gasteiger partial charge in [0.15, 0.2) is 0 Å². The summed E-state index contributed by atoms with van der Waals surface area (Å²) in [6.45, 7) is 2.21. The first-order valence-electron chi connectivity index (χ1n) is 6.30. The molecule has 0 fully saturated rings. The predicted molar refractivity (Wildman–Crippen MR) is 72.6 cm³/mol. The fourth-order valence-corrected chi connectivity index (χ4v) is 2.06. The Morgan fingerprint density at radius 3 is 2.95 bits per heavy atom. The molecule has 0 saturated carbocycles. The third-order valence-corrected chi connectivity index (χ3v) is 3.01. The zero-order valence-corrected chi connectivity index (χ0v) is 11.1. The number of hydrogen-bond acceptors (Lipinski definition) is 4. The average molecular weight is 259 g/mol. The van der Waals surface area contributed by atoms with Crippen LogP contribution in [0.1, 0.15) is 18.9 Å². The molecule has 1 heterocycles. The second kappa shape index (κ2) is 6.18. The normalized spacial score (nSPS) is 17.8. The van der Waals surface area contributed by atoms with Crippen molar-refractivity contribution in [3.8, 4) is 5.88 Å². The lowest BCUT2D eigenvalue weighted by molar-refractivity contribution is -0.145. The largest absolute Gasteiger partial charge is 0.481 e. The van der Waals surface area contributed by atoms with Crippen LogP contribution in [0.4, 0.5) is 0 Å². The molecule has 1 aliphatic carbocycles. The van der Waals surface area contributed by atoms with Crippen molar-refractivity contribution >= 4 is 11.5 Å². The number of esters is 1. The van der Waals surface area contributed by atoms with Gasteiger partial charge in [-0.05, 0) is 30.5 Å². The van der Waals surface area contributed by atoms with Gasteiger partial charge in [-0.3, -0.25) is 4.79 Å². The molecule has 0 N–H and O–H groups in total. The summed E-state index contributed by atoms with van der Waals surface area (Å²) in [6, 6.07) is 3.69. The molecular formula is C15H17NO3. The molecule has 0 saturated heterocycles. The van der Waals surface area contributed by atoms with Gasteiger partial charge in [0, 0.05) is 12.3 Å². The predicted octanol–water partition coefficient (Wildman–Crippen LogP) is 2.61. The van der Waals surface area contributed by atoms with Crippen molar-refractivity contribution in [3.05, 3.63) is 42.1 Å². The second-order valence-corrected chi connectivity index (χ2v) is 4.18. The molecule has 1 unspecified atom stereocenters. The molecule has 2 rings (SSSR count). The van der Waals surface area contributed by atoms with Gasteiger partial charge in [-0.15, -0.1) is 0 Å². The van der Waals surface area contributed by atoms with E-state index in [4.69, 9.17) is 9.47 Å². The number of carbonyl (C=O) groups excluding carboxylic acids is 1. The highest BCUT2D eigenvalue weighted by molar-refractivity contribution is 5.89. The van der Waals surface area contributed by atoms with Crippen molar-refractivity contribution in [1.29, 1.82) is 0 Å². The Morgan fingerprint density at radius 1 is 1.47 bits per heavy atom. The minimum Gasteiger partial charge on any atom is -0.481 e. The van der Waals surface area contributed by atoms with Crippen LogP contribution in [0, 0.1) is 5.92 Å². The van der Waals surface area contributed by atoms with Crippen molar-refractivity contribution < 1.29 is 14.3 Å². The Hall–Kier alpha value is -2.10. The Kier molecular flexibility index (Phi) is 4.34. The van der Waals surface area contributed by atoms with Crippen LogP contribution in [0.3, 0.4) is 0 Å². The molecule has 0 spiro atoms. The lowest BCUT2D eigenvalue weighted by Gasteiger charge is -2.20. The number of pyridine rings is 1. The van der Waals surface area contributed by atoms with Crippen molar-refractivity contribution in [3.63, 3.8) is 0 Å². The van der Waals surface area contributed by atoms with E-state index in [-0.39, 0.29) is 11.9 Å². The van der Waals surface area contributed by atoms with E-state index in [1.807, 2.05) is 31.2 Å². The molecule has 0 aliphatic heterocycles. The monoisotopic (exact) mass is 259 g/mol. The van der Waals surface area contributed by atoms with Crippen LogP contribution in [0.15, 0.2) is 36.6 Å². The van der Waals surface area contributed by atoms with E-state index in [2.05, 4.69) is 4.98 Å². The maximum Gasteiger partial charge on any atom is 0.313 e. The summed E-state index contributed by atoms with van der Waals surface area (Å²) >= 11 is 0. The molecule has 19 heavy (non-hydrogen) atoms. The number of nitrogens with zero attached hydrogens (tertiary/aromatic N) is 1. The van der Waals surface area contributed by atoms with Crippen LogP contribution in [0.25, 0.3) is 5.57 Å². The topological polar surface area (TPSA) is 48.4 Å². The number of aromatic nitrogens is 1. The van der Waals surface area contributed by atoms with Crippen LogP contribution in [-0.2, 0) is 9.53 Å². The molecule has 4 heteroatoms. The third kappa shape index (κ3) is 3.02. The molecular weight excluding hydrogens is 242 g/mol. The summed E-state index contributed by atoms with van der Waals surface area (Å²) < 4.78 is 10.2. The summed E-state index contributed by atoms with van der Waals surface area (Å²) in [7, 11) is 1.58. The molecule has 100 valence electrons. The Bertz CT molecular complexity index is 503. The standard InChI is InChI=1S/C15H17NO3/c1-3-19-15(17)13-7-5-4-6-12(13)11-8-9-14(18-2)16-10-11/h4-6,8-10,13H,3,7H2,1-2H3. The maximum absolute atomic E-state index is 12.0. The molecule has 4 nitrogen and oxygen atoms in total. The van der Waals surface area contributed by atoms with Crippen molar-refractivity contribution in [2.75, 3.05) is 13.7 Å². The highest BCUT2D eigenvalue weighted by atomic mass is 16.5. The van der Waals surface area contributed by atoms with E-state index in [1.54, 1.807) is 19.4 Å². The number of hydrogen-bond donors (Lipinski definition) is 0. The molecule has 0 amide bonds. The van der Waals surface area contributed by atoms with Gasteiger partial charge in [0.1, 0.15) is 0 Å². The maximum atomic E-state index is 12.0. The molecule has 1 aliphatic rings. The fourth-order valence-electron chi connectivity index (χ4n) is 2.06. The Balaban J connectivity index is 2.25. The van der Waals surface area contributed by atoms with Gasteiger partial charge in [-0.25, -0.2) is 4.98 Å². The SMILES string of the molecule is CCOC(=O)C1CC=CC=C1c1ccc(OC)nc1. The smallest absolute Gasteiger partial charge is 0.313 e. The van der Waals surface area contributed by atoms with Gasteiger partial charge >= 0.3 is 5.97 Å². The van der Waals surface area contributed by atoms with Crippen molar-refractivity contribution in [1.82, 2.24) is 4.98 Å². The number of carbonyl (C=O) groups is 1. The van der Waals surface area contributed by atoms with Gasteiger partial charge < -0.3 is 9.47 Å². The minimum atomic E-state index is -0.250. The lowest BCUT2D eigenvalue weighted by Crippen LogP contribution is -2.20. The lowest BCUT2D eigenvalue weighted by atomic mass is 9.87. The fraction of sp³-hybridized carbons (Fsp3) is 0.333. The summed E-state index contributed by atoms with van der Waals surface area (Å²) in [5, 5.41) is 0. The quantitative estimate of drug-likeness (QED) is 0.780. The Labute approximate surface area is 112 Å². The second-order valence-electron chi connectivity index (χ2n) is 4.18. The minimum absolute atomic E-state index is 0.186. The number of allylic oxidation sites excluding steroid dienone is 3. The van der Waals surface area contributed by atoms with E-state index >= 15 is 0 Å². The summed E-state index contributed by atoms with van der Waals surface area (Å²) in [5.74, 6) is 0.123. The van der Waals surface area contributed by atoms with E-state index < -0.39 is 0 Å².